The van der Waals surface area contributed by atoms with Gasteiger partial charge in [-0.25, -0.2) is 4.98 Å². The molecule has 0 saturated carbocycles. The average molecular weight is 441 g/mol. The van der Waals surface area contributed by atoms with Crippen molar-refractivity contribution in [3.8, 4) is 5.75 Å². The summed E-state index contributed by atoms with van der Waals surface area (Å²) in [5.74, 6) is 0.953. The van der Waals surface area contributed by atoms with Gasteiger partial charge >= 0.3 is 0 Å². The normalized spacial score (nSPS) is 13.0. The van der Waals surface area contributed by atoms with Crippen molar-refractivity contribution >= 4 is 28.3 Å². The number of carbonyl (C=O) groups is 2. The number of nitrogens with one attached hydrogen (secondary N) is 1. The molecule has 0 spiro atoms. The molecule has 0 saturated heterocycles. The Hall–Kier alpha value is -3.20. The minimum atomic E-state index is -0.364. The van der Waals surface area contributed by atoms with Crippen molar-refractivity contribution in [3.05, 3.63) is 57.9 Å². The number of amides is 2. The Morgan fingerprint density at radius 2 is 2.10 bits per heavy atom. The van der Waals surface area contributed by atoms with E-state index in [0.29, 0.717) is 42.6 Å². The van der Waals surface area contributed by atoms with Gasteiger partial charge in [0.15, 0.2) is 10.8 Å². The molecule has 0 fully saturated rings. The van der Waals surface area contributed by atoms with Crippen LogP contribution in [0, 0.1) is 6.92 Å². The second-order valence-corrected chi connectivity index (χ2v) is 8.45. The van der Waals surface area contributed by atoms with Crippen molar-refractivity contribution < 1.29 is 18.8 Å². The highest BCUT2D eigenvalue weighted by atomic mass is 32.1. The molecule has 3 aromatic rings. The third-order valence-electron chi connectivity index (χ3n) is 4.97. The molecule has 2 amide bonds. The van der Waals surface area contributed by atoms with Gasteiger partial charge in [0, 0.05) is 29.5 Å². The monoisotopic (exact) mass is 440 g/mol. The van der Waals surface area contributed by atoms with Crippen LogP contribution < -0.4 is 10.1 Å². The minimum Gasteiger partial charge on any atom is -0.494 e. The molecule has 0 unspecified atom stereocenters. The largest absolute Gasteiger partial charge is 0.494 e. The van der Waals surface area contributed by atoms with Crippen LogP contribution in [0.25, 0.3) is 0 Å². The second-order valence-electron chi connectivity index (χ2n) is 7.37. The van der Waals surface area contributed by atoms with Gasteiger partial charge in [0.2, 0.25) is 0 Å². The molecule has 8 nitrogen and oxygen atoms in total. The smallest absolute Gasteiger partial charge is 0.279 e. The number of unbranched alkanes of at least 4 members (excludes halogenated alkanes) is 1. The van der Waals surface area contributed by atoms with Crippen LogP contribution in [-0.2, 0) is 13.0 Å². The third-order valence-corrected chi connectivity index (χ3v) is 5.97. The number of thiazole rings is 1. The quantitative estimate of drug-likeness (QED) is 0.556. The molecule has 0 radical (unpaired) electrons. The fourth-order valence-electron chi connectivity index (χ4n) is 3.27. The van der Waals surface area contributed by atoms with Crippen molar-refractivity contribution in [2.75, 3.05) is 18.5 Å². The number of anilines is 1. The van der Waals surface area contributed by atoms with Crippen molar-refractivity contribution in [2.45, 2.75) is 39.7 Å². The van der Waals surface area contributed by atoms with Crippen LogP contribution in [-0.4, -0.2) is 40.0 Å². The van der Waals surface area contributed by atoms with Crippen LogP contribution in [0.15, 0.2) is 34.9 Å². The number of aromatic nitrogens is 2. The van der Waals surface area contributed by atoms with Gasteiger partial charge in [0.1, 0.15) is 11.5 Å². The molecule has 0 bridgehead atoms. The van der Waals surface area contributed by atoms with Crippen molar-refractivity contribution in [3.63, 3.8) is 0 Å². The van der Waals surface area contributed by atoms with E-state index in [1.165, 1.54) is 11.3 Å². The predicted octanol–water partition coefficient (Wildman–Crippen LogP) is 4.07. The Morgan fingerprint density at radius 1 is 1.29 bits per heavy atom. The summed E-state index contributed by atoms with van der Waals surface area (Å²) in [5.41, 5.74) is 1.76. The lowest BCUT2D eigenvalue weighted by Crippen LogP contribution is -2.35. The highest BCUT2D eigenvalue weighted by molar-refractivity contribution is 7.15. The second kappa shape index (κ2) is 9.30. The van der Waals surface area contributed by atoms with E-state index in [0.717, 1.165) is 29.2 Å². The summed E-state index contributed by atoms with van der Waals surface area (Å²) in [6.45, 7) is 5.58. The summed E-state index contributed by atoms with van der Waals surface area (Å²) in [5, 5.41) is 6.98. The van der Waals surface area contributed by atoms with E-state index in [2.05, 4.69) is 22.4 Å². The lowest BCUT2D eigenvalue weighted by Gasteiger charge is -2.26. The Labute approximate surface area is 184 Å². The fraction of sp³-hybridized carbons (Fsp3) is 0.364. The molecule has 1 aliphatic rings. The standard InChI is InChI=1S/C22H24N4O4S/c1-3-4-11-29-16-7-5-15(6-8-16)21(28)26-10-9-17-19(13-26)31-22(23-17)24-20(27)18-12-14(2)30-25-18/h5-8,12H,3-4,9-11,13H2,1-2H3,(H,23,24,27). The first kappa shape index (κ1) is 21.0. The van der Waals surface area contributed by atoms with Crippen LogP contribution in [0.2, 0.25) is 0 Å². The Kier molecular flexibility index (Phi) is 6.31. The zero-order chi connectivity index (χ0) is 21.8. The number of aryl methyl sites for hydroxylation is 1. The minimum absolute atomic E-state index is 0.0252. The van der Waals surface area contributed by atoms with Gasteiger partial charge in [-0.15, -0.1) is 0 Å². The number of nitrogens with zero attached hydrogens (tertiary/aromatic N) is 3. The number of benzene rings is 1. The number of carbonyl (C=O) groups excluding carboxylic acids is 2. The fourth-order valence-corrected chi connectivity index (χ4v) is 4.29. The molecule has 4 rings (SSSR count). The Balaban J connectivity index is 1.38. The number of fused-ring (bicyclic) bond motifs is 1. The highest BCUT2D eigenvalue weighted by Gasteiger charge is 2.25. The first-order valence-corrected chi connectivity index (χ1v) is 11.1. The molecular weight excluding hydrogens is 416 g/mol. The van der Waals surface area contributed by atoms with E-state index in [1.807, 2.05) is 12.1 Å². The Bertz CT molecular complexity index is 1070. The SMILES string of the molecule is CCCCOc1ccc(C(=O)N2CCc3nc(NC(=O)c4cc(C)on4)sc3C2)cc1. The van der Waals surface area contributed by atoms with E-state index in [-0.39, 0.29) is 17.5 Å². The summed E-state index contributed by atoms with van der Waals surface area (Å²) in [7, 11) is 0. The molecule has 1 N–H and O–H groups in total. The Morgan fingerprint density at radius 3 is 2.81 bits per heavy atom. The first-order valence-electron chi connectivity index (χ1n) is 10.3. The van der Waals surface area contributed by atoms with Gasteiger partial charge in [-0.1, -0.05) is 29.8 Å². The van der Waals surface area contributed by atoms with Gasteiger partial charge in [-0.3, -0.25) is 14.9 Å². The van der Waals surface area contributed by atoms with Crippen LogP contribution in [0.1, 0.15) is 56.9 Å². The van der Waals surface area contributed by atoms with Crippen molar-refractivity contribution in [2.24, 2.45) is 0 Å². The molecule has 162 valence electrons. The van der Waals surface area contributed by atoms with E-state index in [9.17, 15) is 9.59 Å². The van der Waals surface area contributed by atoms with Crippen LogP contribution in [0.5, 0.6) is 5.75 Å². The molecule has 3 heterocycles. The van der Waals surface area contributed by atoms with Crippen molar-refractivity contribution in [1.29, 1.82) is 0 Å². The van der Waals surface area contributed by atoms with Gasteiger partial charge in [-0.2, -0.15) is 0 Å². The van der Waals surface area contributed by atoms with E-state index in [1.54, 1.807) is 30.0 Å². The predicted molar refractivity (Wildman–Crippen MR) is 117 cm³/mol. The summed E-state index contributed by atoms with van der Waals surface area (Å²) in [4.78, 5) is 32.5. The van der Waals surface area contributed by atoms with Crippen LogP contribution >= 0.6 is 11.3 Å². The first-order chi connectivity index (χ1) is 15.0. The lowest BCUT2D eigenvalue weighted by atomic mass is 10.1. The van der Waals surface area contributed by atoms with Crippen molar-refractivity contribution in [1.82, 2.24) is 15.0 Å². The van der Waals surface area contributed by atoms with Crippen LogP contribution in [0.3, 0.4) is 0 Å². The molecule has 31 heavy (non-hydrogen) atoms. The van der Waals surface area contributed by atoms with Gasteiger partial charge in [-0.05, 0) is 37.6 Å². The maximum atomic E-state index is 12.9. The average Bonchev–Trinajstić information content (AvgIpc) is 3.39. The zero-order valence-corrected chi connectivity index (χ0v) is 18.3. The number of ether oxygens (including phenoxy) is 1. The molecular formula is C22H24N4O4S. The van der Waals surface area contributed by atoms with E-state index in [4.69, 9.17) is 9.26 Å². The highest BCUT2D eigenvalue weighted by Crippen LogP contribution is 2.29. The van der Waals surface area contributed by atoms with Gasteiger partial charge in [0.05, 0.1) is 18.8 Å². The molecule has 9 heteroatoms. The molecule has 1 aromatic carbocycles. The molecule has 0 atom stereocenters. The molecule has 2 aromatic heterocycles. The maximum absolute atomic E-state index is 12.9. The van der Waals surface area contributed by atoms with Gasteiger partial charge in [0.25, 0.3) is 11.8 Å². The summed E-state index contributed by atoms with van der Waals surface area (Å²) >= 11 is 1.38. The molecule has 0 aliphatic carbocycles. The third kappa shape index (κ3) is 4.93. The zero-order valence-electron chi connectivity index (χ0n) is 17.5. The number of hydrogen-bond acceptors (Lipinski definition) is 7. The lowest BCUT2D eigenvalue weighted by molar-refractivity contribution is 0.0736. The summed E-state index contributed by atoms with van der Waals surface area (Å²) in [6.07, 6.45) is 2.73. The summed E-state index contributed by atoms with van der Waals surface area (Å²) in [6, 6.07) is 8.85. The van der Waals surface area contributed by atoms with Gasteiger partial charge < -0.3 is 14.2 Å². The number of hydrogen-bond donors (Lipinski definition) is 1. The molecule has 1 aliphatic heterocycles. The topological polar surface area (TPSA) is 97.6 Å². The summed E-state index contributed by atoms with van der Waals surface area (Å²) < 4.78 is 10.6. The number of rotatable bonds is 7. The van der Waals surface area contributed by atoms with E-state index < -0.39 is 0 Å². The van der Waals surface area contributed by atoms with Crippen LogP contribution in [0.4, 0.5) is 5.13 Å². The van der Waals surface area contributed by atoms with E-state index >= 15 is 0 Å². The maximum Gasteiger partial charge on any atom is 0.279 e.